The highest BCUT2D eigenvalue weighted by atomic mass is 35.5. The molecule has 1 aliphatic rings. The Labute approximate surface area is 105 Å². The van der Waals surface area contributed by atoms with Crippen LogP contribution in [0.5, 0.6) is 0 Å². The number of nitrogens with zero attached hydrogens (tertiary/aromatic N) is 4. The zero-order valence-corrected chi connectivity index (χ0v) is 10.4. The summed E-state index contributed by atoms with van der Waals surface area (Å²) in [7, 11) is 0. The molecular formula is C12H13ClN4. The maximum absolute atomic E-state index is 5.89. The highest BCUT2D eigenvalue weighted by Gasteiger charge is 2.19. The summed E-state index contributed by atoms with van der Waals surface area (Å²) in [6.45, 7) is 3.03. The molecule has 5 heteroatoms. The Morgan fingerprint density at radius 2 is 2.12 bits per heavy atom. The van der Waals surface area contributed by atoms with E-state index in [9.17, 15) is 0 Å². The molecule has 0 radical (unpaired) electrons. The van der Waals surface area contributed by atoms with Crippen LogP contribution in [0.4, 0.5) is 0 Å². The van der Waals surface area contributed by atoms with Gasteiger partial charge in [-0.1, -0.05) is 11.6 Å². The minimum atomic E-state index is 0.424. The van der Waals surface area contributed by atoms with Crippen LogP contribution in [0.1, 0.15) is 24.4 Å². The van der Waals surface area contributed by atoms with E-state index in [0.717, 1.165) is 35.9 Å². The summed E-state index contributed by atoms with van der Waals surface area (Å²) in [6, 6.07) is 0. The van der Waals surface area contributed by atoms with E-state index in [1.165, 1.54) is 12.8 Å². The van der Waals surface area contributed by atoms with Crippen LogP contribution in [0.3, 0.4) is 0 Å². The SMILES string of the molecule is Cc1nc2n(c1-c1cncc(Cl)n1)CCCC2. The van der Waals surface area contributed by atoms with Crippen LogP contribution in [-0.2, 0) is 13.0 Å². The van der Waals surface area contributed by atoms with Crippen molar-refractivity contribution in [2.75, 3.05) is 0 Å². The number of aromatic nitrogens is 4. The van der Waals surface area contributed by atoms with Crippen LogP contribution in [0.25, 0.3) is 11.4 Å². The van der Waals surface area contributed by atoms with Gasteiger partial charge in [-0.05, 0) is 19.8 Å². The highest BCUT2D eigenvalue weighted by molar-refractivity contribution is 6.29. The summed E-state index contributed by atoms with van der Waals surface area (Å²) in [5, 5.41) is 0.424. The van der Waals surface area contributed by atoms with Gasteiger partial charge in [0.05, 0.1) is 23.8 Å². The molecule has 88 valence electrons. The van der Waals surface area contributed by atoms with Gasteiger partial charge in [0, 0.05) is 13.0 Å². The molecule has 0 atom stereocenters. The predicted octanol–water partition coefficient (Wildman–Crippen LogP) is 2.64. The van der Waals surface area contributed by atoms with Crippen molar-refractivity contribution < 1.29 is 0 Å². The van der Waals surface area contributed by atoms with Crippen molar-refractivity contribution in [1.29, 1.82) is 0 Å². The fourth-order valence-corrected chi connectivity index (χ4v) is 2.54. The summed E-state index contributed by atoms with van der Waals surface area (Å²) in [4.78, 5) is 13.0. The Morgan fingerprint density at radius 1 is 1.24 bits per heavy atom. The second-order valence-electron chi connectivity index (χ2n) is 4.30. The van der Waals surface area contributed by atoms with Crippen molar-refractivity contribution in [2.45, 2.75) is 32.7 Å². The van der Waals surface area contributed by atoms with E-state index in [2.05, 4.69) is 19.5 Å². The number of hydrogen-bond donors (Lipinski definition) is 0. The summed E-state index contributed by atoms with van der Waals surface area (Å²) < 4.78 is 2.25. The van der Waals surface area contributed by atoms with Crippen molar-refractivity contribution in [1.82, 2.24) is 19.5 Å². The Hall–Kier alpha value is -1.42. The van der Waals surface area contributed by atoms with E-state index in [4.69, 9.17) is 11.6 Å². The number of fused-ring (bicyclic) bond motifs is 1. The van der Waals surface area contributed by atoms with E-state index in [0.29, 0.717) is 5.15 Å². The van der Waals surface area contributed by atoms with Crippen LogP contribution >= 0.6 is 11.6 Å². The van der Waals surface area contributed by atoms with E-state index in [-0.39, 0.29) is 0 Å². The normalized spacial score (nSPS) is 14.7. The summed E-state index contributed by atoms with van der Waals surface area (Å²) in [6.07, 6.45) is 6.77. The summed E-state index contributed by atoms with van der Waals surface area (Å²) in [5.74, 6) is 1.16. The minimum absolute atomic E-state index is 0.424. The molecule has 0 unspecified atom stereocenters. The van der Waals surface area contributed by atoms with Gasteiger partial charge in [-0.25, -0.2) is 9.97 Å². The third-order valence-corrected chi connectivity index (χ3v) is 3.28. The molecule has 4 nitrogen and oxygen atoms in total. The molecule has 2 aromatic heterocycles. The average Bonchev–Trinajstić information content (AvgIpc) is 2.64. The maximum Gasteiger partial charge on any atom is 0.148 e. The largest absolute Gasteiger partial charge is 0.326 e. The Morgan fingerprint density at radius 3 is 2.94 bits per heavy atom. The second kappa shape index (κ2) is 4.11. The number of halogens is 1. The summed E-state index contributed by atoms with van der Waals surface area (Å²) >= 11 is 5.89. The monoisotopic (exact) mass is 248 g/mol. The minimum Gasteiger partial charge on any atom is -0.326 e. The van der Waals surface area contributed by atoms with Gasteiger partial charge < -0.3 is 4.57 Å². The van der Waals surface area contributed by atoms with Gasteiger partial charge in [0.2, 0.25) is 0 Å². The molecule has 0 bridgehead atoms. The first kappa shape index (κ1) is 10.7. The maximum atomic E-state index is 5.89. The molecule has 3 rings (SSSR count). The molecule has 0 fully saturated rings. The van der Waals surface area contributed by atoms with Crippen molar-refractivity contribution in [3.05, 3.63) is 29.1 Å². The lowest BCUT2D eigenvalue weighted by Crippen LogP contribution is -2.11. The first-order valence-corrected chi connectivity index (χ1v) is 6.17. The molecule has 0 saturated carbocycles. The molecular weight excluding hydrogens is 236 g/mol. The lowest BCUT2D eigenvalue weighted by atomic mass is 10.1. The average molecular weight is 249 g/mol. The quantitative estimate of drug-likeness (QED) is 0.779. The van der Waals surface area contributed by atoms with Gasteiger partial charge in [-0.3, -0.25) is 4.98 Å². The molecule has 0 amide bonds. The van der Waals surface area contributed by atoms with E-state index < -0.39 is 0 Å². The van der Waals surface area contributed by atoms with Crippen LogP contribution in [0.15, 0.2) is 12.4 Å². The van der Waals surface area contributed by atoms with Gasteiger partial charge in [0.1, 0.15) is 16.7 Å². The van der Waals surface area contributed by atoms with E-state index >= 15 is 0 Å². The Balaban J connectivity index is 2.17. The molecule has 1 aliphatic heterocycles. The molecule has 3 heterocycles. The van der Waals surface area contributed by atoms with Gasteiger partial charge in [0.15, 0.2) is 0 Å². The predicted molar refractivity (Wildman–Crippen MR) is 65.9 cm³/mol. The van der Waals surface area contributed by atoms with Crippen molar-refractivity contribution in [3.63, 3.8) is 0 Å². The fraction of sp³-hybridized carbons (Fsp3) is 0.417. The molecule has 17 heavy (non-hydrogen) atoms. The standard InChI is InChI=1S/C12H13ClN4/c1-8-12(9-6-14-7-10(13)16-9)17-5-3-2-4-11(17)15-8/h6-7H,2-5H2,1H3. The third-order valence-electron chi connectivity index (χ3n) is 3.10. The van der Waals surface area contributed by atoms with Crippen molar-refractivity contribution in [2.24, 2.45) is 0 Å². The molecule has 0 aromatic carbocycles. The van der Waals surface area contributed by atoms with Gasteiger partial charge in [-0.2, -0.15) is 0 Å². The topological polar surface area (TPSA) is 43.6 Å². The highest BCUT2D eigenvalue weighted by Crippen LogP contribution is 2.27. The third kappa shape index (κ3) is 1.82. The van der Waals surface area contributed by atoms with Gasteiger partial charge in [-0.15, -0.1) is 0 Å². The zero-order valence-electron chi connectivity index (χ0n) is 9.65. The van der Waals surface area contributed by atoms with Crippen LogP contribution in [0.2, 0.25) is 5.15 Å². The fourth-order valence-electron chi connectivity index (χ4n) is 2.40. The van der Waals surface area contributed by atoms with Gasteiger partial charge >= 0.3 is 0 Å². The molecule has 0 N–H and O–H groups in total. The Bertz CT molecular complexity index is 562. The zero-order chi connectivity index (χ0) is 11.8. The number of rotatable bonds is 1. The van der Waals surface area contributed by atoms with Crippen molar-refractivity contribution in [3.8, 4) is 11.4 Å². The smallest absolute Gasteiger partial charge is 0.148 e. The number of aryl methyl sites for hydroxylation is 2. The second-order valence-corrected chi connectivity index (χ2v) is 4.69. The molecule has 0 saturated heterocycles. The lowest BCUT2D eigenvalue weighted by molar-refractivity contribution is 0.525. The first-order valence-electron chi connectivity index (χ1n) is 5.79. The van der Waals surface area contributed by atoms with Crippen LogP contribution in [-0.4, -0.2) is 19.5 Å². The Kier molecular flexibility index (Phi) is 2.59. The van der Waals surface area contributed by atoms with E-state index in [1.807, 2.05) is 6.92 Å². The molecule has 0 spiro atoms. The van der Waals surface area contributed by atoms with Gasteiger partial charge in [0.25, 0.3) is 0 Å². The van der Waals surface area contributed by atoms with Crippen LogP contribution in [0, 0.1) is 6.92 Å². The van der Waals surface area contributed by atoms with Crippen molar-refractivity contribution >= 4 is 11.6 Å². The number of imidazole rings is 1. The number of hydrogen-bond acceptors (Lipinski definition) is 3. The molecule has 0 aliphatic carbocycles. The first-order chi connectivity index (χ1) is 8.25. The summed E-state index contributed by atoms with van der Waals surface area (Å²) in [5.41, 5.74) is 2.89. The molecule has 2 aromatic rings. The van der Waals surface area contributed by atoms with E-state index in [1.54, 1.807) is 12.4 Å². The lowest BCUT2D eigenvalue weighted by Gasteiger charge is -2.16. The van der Waals surface area contributed by atoms with Crippen LogP contribution < -0.4 is 0 Å².